The van der Waals surface area contributed by atoms with E-state index in [1.54, 1.807) is 6.33 Å². The van der Waals surface area contributed by atoms with Crippen LogP contribution >= 0.6 is 0 Å². The first-order chi connectivity index (χ1) is 12.2. The number of rotatable bonds is 8. The highest BCUT2D eigenvalue weighted by Gasteiger charge is 2.11. The van der Waals surface area contributed by atoms with Crippen molar-refractivity contribution >= 4 is 0 Å². The maximum absolute atomic E-state index is 5.95. The number of ether oxygens (including phenoxy) is 1. The molecule has 3 rings (SSSR count). The van der Waals surface area contributed by atoms with Crippen molar-refractivity contribution in [1.29, 1.82) is 0 Å². The zero-order valence-electron chi connectivity index (χ0n) is 15.3. The molecule has 25 heavy (non-hydrogen) atoms. The third-order valence-corrected chi connectivity index (χ3v) is 4.77. The fourth-order valence-electron chi connectivity index (χ4n) is 3.27. The first-order valence-electron chi connectivity index (χ1n) is 9.24. The second-order valence-corrected chi connectivity index (χ2v) is 6.80. The molecule has 1 aromatic carbocycles. The minimum Gasteiger partial charge on any atom is -0.492 e. The van der Waals surface area contributed by atoms with Gasteiger partial charge in [0.2, 0.25) is 0 Å². The number of piperidine rings is 1. The second kappa shape index (κ2) is 8.97. The molecular formula is C19H29N5O. The van der Waals surface area contributed by atoms with E-state index in [1.807, 2.05) is 17.7 Å². The summed E-state index contributed by atoms with van der Waals surface area (Å²) in [4.78, 5) is 2.50. The molecule has 0 bridgehead atoms. The predicted molar refractivity (Wildman–Crippen MR) is 98.5 cm³/mol. The lowest BCUT2D eigenvalue weighted by atomic mass is 10.1. The van der Waals surface area contributed by atoms with E-state index in [2.05, 4.69) is 45.5 Å². The molecule has 2 heterocycles. The van der Waals surface area contributed by atoms with E-state index in [0.29, 0.717) is 0 Å². The van der Waals surface area contributed by atoms with Crippen LogP contribution in [-0.2, 0) is 13.6 Å². The van der Waals surface area contributed by atoms with E-state index in [0.717, 1.165) is 31.3 Å². The number of aryl methyl sites for hydroxylation is 1. The van der Waals surface area contributed by atoms with Crippen LogP contribution < -0.4 is 10.1 Å². The van der Waals surface area contributed by atoms with E-state index in [-0.39, 0.29) is 6.04 Å². The molecule has 1 aliphatic rings. The van der Waals surface area contributed by atoms with Crippen molar-refractivity contribution in [3.05, 3.63) is 42.0 Å². The molecule has 1 aliphatic heterocycles. The minimum absolute atomic E-state index is 0.149. The number of nitrogens with zero attached hydrogens (tertiary/aromatic N) is 4. The lowest BCUT2D eigenvalue weighted by Crippen LogP contribution is -2.33. The van der Waals surface area contributed by atoms with Crippen molar-refractivity contribution in [3.8, 4) is 5.75 Å². The third-order valence-electron chi connectivity index (χ3n) is 4.77. The van der Waals surface area contributed by atoms with Crippen LogP contribution in [0.3, 0.4) is 0 Å². The van der Waals surface area contributed by atoms with Crippen LogP contribution in [0.1, 0.15) is 43.6 Å². The zero-order valence-corrected chi connectivity index (χ0v) is 15.3. The van der Waals surface area contributed by atoms with Crippen LogP contribution in [0.25, 0.3) is 0 Å². The van der Waals surface area contributed by atoms with Gasteiger partial charge < -0.3 is 14.6 Å². The van der Waals surface area contributed by atoms with Crippen LogP contribution in [0, 0.1) is 0 Å². The molecule has 1 atom stereocenters. The van der Waals surface area contributed by atoms with Gasteiger partial charge in [-0.1, -0.05) is 18.6 Å². The molecule has 1 fully saturated rings. The highest BCUT2D eigenvalue weighted by atomic mass is 16.5. The van der Waals surface area contributed by atoms with Gasteiger partial charge in [-0.3, -0.25) is 4.90 Å². The minimum atomic E-state index is 0.149. The van der Waals surface area contributed by atoms with Gasteiger partial charge in [0.25, 0.3) is 0 Å². The summed E-state index contributed by atoms with van der Waals surface area (Å²) in [5.41, 5.74) is 1.21. The van der Waals surface area contributed by atoms with Gasteiger partial charge in [0.1, 0.15) is 24.5 Å². The van der Waals surface area contributed by atoms with Crippen LogP contribution in [-0.4, -0.2) is 45.9 Å². The fourth-order valence-corrected chi connectivity index (χ4v) is 3.27. The van der Waals surface area contributed by atoms with Crippen molar-refractivity contribution in [2.45, 2.75) is 38.8 Å². The van der Waals surface area contributed by atoms with Crippen molar-refractivity contribution < 1.29 is 4.74 Å². The van der Waals surface area contributed by atoms with Gasteiger partial charge >= 0.3 is 0 Å². The summed E-state index contributed by atoms with van der Waals surface area (Å²) in [6, 6.07) is 8.48. The van der Waals surface area contributed by atoms with E-state index >= 15 is 0 Å². The molecule has 136 valence electrons. The Hall–Kier alpha value is -1.92. The average Bonchev–Trinajstić information content (AvgIpc) is 3.07. The van der Waals surface area contributed by atoms with E-state index in [9.17, 15) is 0 Å². The summed E-state index contributed by atoms with van der Waals surface area (Å²) in [6.45, 7) is 7.08. The van der Waals surface area contributed by atoms with Crippen LogP contribution in [0.2, 0.25) is 0 Å². The number of nitrogens with one attached hydrogen (secondary N) is 1. The molecule has 6 heteroatoms. The van der Waals surface area contributed by atoms with Crippen molar-refractivity contribution in [2.75, 3.05) is 26.2 Å². The lowest BCUT2D eigenvalue weighted by Gasteiger charge is -2.26. The van der Waals surface area contributed by atoms with E-state index in [1.165, 1.54) is 37.9 Å². The quantitative estimate of drug-likeness (QED) is 0.798. The molecule has 1 N–H and O–H groups in total. The number of hydrogen-bond acceptors (Lipinski definition) is 5. The van der Waals surface area contributed by atoms with Gasteiger partial charge in [0.15, 0.2) is 0 Å². The third kappa shape index (κ3) is 5.28. The predicted octanol–water partition coefficient (Wildman–Crippen LogP) is 2.53. The molecule has 0 aliphatic carbocycles. The standard InChI is InChI=1S/C19H29N5O/c1-16(19-22-21-15-23(19)2)20-14-17-7-6-8-18(13-17)25-12-11-24-9-4-3-5-10-24/h6-8,13,15-16,20H,3-5,9-12,14H2,1-2H3. The molecular weight excluding hydrogens is 314 g/mol. The lowest BCUT2D eigenvalue weighted by molar-refractivity contribution is 0.183. The molecule has 1 unspecified atom stereocenters. The Balaban J connectivity index is 1.45. The molecule has 0 radical (unpaired) electrons. The molecule has 0 amide bonds. The monoisotopic (exact) mass is 343 g/mol. The maximum atomic E-state index is 5.95. The molecule has 0 saturated carbocycles. The van der Waals surface area contributed by atoms with E-state index in [4.69, 9.17) is 4.74 Å². The summed E-state index contributed by atoms with van der Waals surface area (Å²) in [5, 5.41) is 11.6. The summed E-state index contributed by atoms with van der Waals surface area (Å²) in [7, 11) is 1.96. The van der Waals surface area contributed by atoms with Gasteiger partial charge in [-0.25, -0.2) is 0 Å². The second-order valence-electron chi connectivity index (χ2n) is 6.80. The van der Waals surface area contributed by atoms with Gasteiger partial charge in [0, 0.05) is 20.1 Å². The van der Waals surface area contributed by atoms with Gasteiger partial charge in [-0.15, -0.1) is 10.2 Å². The Morgan fingerprint density at radius 3 is 2.84 bits per heavy atom. The number of benzene rings is 1. The van der Waals surface area contributed by atoms with Crippen molar-refractivity contribution in [2.24, 2.45) is 7.05 Å². The van der Waals surface area contributed by atoms with Crippen LogP contribution in [0.5, 0.6) is 5.75 Å². The SMILES string of the molecule is CC(NCc1cccc(OCCN2CCCCC2)c1)c1nncn1C. The van der Waals surface area contributed by atoms with Crippen LogP contribution in [0.4, 0.5) is 0 Å². The summed E-state index contributed by atoms with van der Waals surface area (Å²) >= 11 is 0. The Morgan fingerprint density at radius 1 is 1.24 bits per heavy atom. The number of likely N-dealkylation sites (tertiary alicyclic amines) is 1. The van der Waals surface area contributed by atoms with Crippen molar-refractivity contribution in [3.63, 3.8) is 0 Å². The fraction of sp³-hybridized carbons (Fsp3) is 0.579. The summed E-state index contributed by atoms with van der Waals surface area (Å²) < 4.78 is 7.89. The Kier molecular flexibility index (Phi) is 6.42. The summed E-state index contributed by atoms with van der Waals surface area (Å²) in [5.74, 6) is 1.89. The Labute approximate surface area is 150 Å². The highest BCUT2D eigenvalue weighted by Crippen LogP contribution is 2.15. The molecule has 1 aromatic heterocycles. The maximum Gasteiger partial charge on any atom is 0.149 e. The molecule has 2 aromatic rings. The van der Waals surface area contributed by atoms with Gasteiger partial charge in [0.05, 0.1) is 6.04 Å². The summed E-state index contributed by atoms with van der Waals surface area (Å²) in [6.07, 6.45) is 5.75. The van der Waals surface area contributed by atoms with Gasteiger partial charge in [-0.05, 0) is 50.6 Å². The number of hydrogen-bond donors (Lipinski definition) is 1. The zero-order chi connectivity index (χ0) is 17.5. The first-order valence-corrected chi connectivity index (χ1v) is 9.24. The first kappa shape index (κ1) is 17.9. The van der Waals surface area contributed by atoms with Crippen LogP contribution in [0.15, 0.2) is 30.6 Å². The molecule has 6 nitrogen and oxygen atoms in total. The average molecular weight is 343 g/mol. The normalized spacial score (nSPS) is 16.7. The van der Waals surface area contributed by atoms with Crippen molar-refractivity contribution in [1.82, 2.24) is 25.0 Å². The van der Waals surface area contributed by atoms with E-state index < -0.39 is 0 Å². The Bertz CT molecular complexity index is 651. The van der Waals surface area contributed by atoms with Gasteiger partial charge in [-0.2, -0.15) is 0 Å². The number of aromatic nitrogens is 3. The molecule has 0 spiro atoms. The molecule has 1 saturated heterocycles. The topological polar surface area (TPSA) is 55.2 Å². The largest absolute Gasteiger partial charge is 0.492 e. The smallest absolute Gasteiger partial charge is 0.149 e. The Morgan fingerprint density at radius 2 is 2.08 bits per heavy atom. The highest BCUT2D eigenvalue weighted by molar-refractivity contribution is 5.28.